The van der Waals surface area contributed by atoms with Crippen molar-refractivity contribution >= 4 is 34.6 Å². The lowest BCUT2D eigenvalue weighted by Gasteiger charge is -2.29. The van der Waals surface area contributed by atoms with E-state index in [0.717, 1.165) is 17.7 Å². The zero-order valence-electron chi connectivity index (χ0n) is 16.4. The van der Waals surface area contributed by atoms with Crippen molar-refractivity contribution in [1.82, 2.24) is 9.96 Å². The van der Waals surface area contributed by atoms with Gasteiger partial charge in [-0.2, -0.15) is 4.90 Å². The second kappa shape index (κ2) is 7.11. The summed E-state index contributed by atoms with van der Waals surface area (Å²) in [6.45, 7) is 2.57. The molecule has 0 aromatic heterocycles. The molecule has 4 rings (SSSR count). The molecule has 0 radical (unpaired) electrons. The topological polar surface area (TPSA) is 84.0 Å². The molecule has 1 aliphatic rings. The highest BCUT2D eigenvalue weighted by atomic mass is 16.7. The third-order valence-electron chi connectivity index (χ3n) is 5.15. The van der Waals surface area contributed by atoms with E-state index in [-0.39, 0.29) is 5.56 Å². The van der Waals surface area contributed by atoms with E-state index in [1.165, 1.54) is 6.92 Å². The van der Waals surface area contributed by atoms with Crippen LogP contribution in [-0.2, 0) is 20.0 Å². The van der Waals surface area contributed by atoms with E-state index in [9.17, 15) is 19.2 Å². The third kappa shape index (κ3) is 2.91. The Morgan fingerprint density at radius 1 is 0.867 bits per heavy atom. The van der Waals surface area contributed by atoms with Crippen molar-refractivity contribution in [3.8, 4) is 0 Å². The molecule has 1 fully saturated rings. The molecule has 7 nitrogen and oxygen atoms in total. The molecule has 7 heteroatoms. The van der Waals surface area contributed by atoms with Gasteiger partial charge in [-0.1, -0.05) is 60.7 Å². The number of fused-ring (bicyclic) bond motifs is 1. The monoisotopic (exact) mass is 402 g/mol. The maximum Gasteiger partial charge on any atom is 0.368 e. The van der Waals surface area contributed by atoms with Crippen LogP contribution in [0.1, 0.15) is 29.8 Å². The molecule has 1 saturated heterocycles. The zero-order chi connectivity index (χ0) is 21.5. The minimum atomic E-state index is -1.67. The third-order valence-corrected chi connectivity index (χ3v) is 5.15. The molecule has 0 aliphatic carbocycles. The second-order valence-electron chi connectivity index (χ2n) is 7.11. The number of benzene rings is 3. The Balaban J connectivity index is 1.79. The summed E-state index contributed by atoms with van der Waals surface area (Å²) in [5.41, 5.74) is -1.08. The minimum absolute atomic E-state index is 0.176. The lowest BCUT2D eigenvalue weighted by molar-refractivity contribution is -0.190. The maximum absolute atomic E-state index is 13.4. The molecular formula is C23H18N2O5. The van der Waals surface area contributed by atoms with E-state index in [1.54, 1.807) is 48.5 Å². The summed E-state index contributed by atoms with van der Waals surface area (Å²) in [5.74, 6) is -2.36. The Labute approximate surface area is 172 Å². The van der Waals surface area contributed by atoms with Gasteiger partial charge in [0.25, 0.3) is 11.8 Å². The predicted molar refractivity (Wildman–Crippen MR) is 108 cm³/mol. The fraction of sp³-hybridized carbons (Fsp3) is 0.130. The number of nitrogens with zero attached hydrogens (tertiary/aromatic N) is 2. The highest BCUT2D eigenvalue weighted by Gasteiger charge is 2.60. The van der Waals surface area contributed by atoms with E-state index < -0.39 is 29.4 Å². The molecule has 3 aromatic carbocycles. The van der Waals surface area contributed by atoms with Gasteiger partial charge in [-0.3, -0.25) is 14.4 Å². The Hall–Kier alpha value is -4.00. The molecule has 0 bridgehead atoms. The summed E-state index contributed by atoms with van der Waals surface area (Å²) in [6, 6.07) is 19.7. The molecule has 150 valence electrons. The van der Waals surface area contributed by atoms with Crippen molar-refractivity contribution in [2.24, 2.45) is 0 Å². The van der Waals surface area contributed by atoms with Crippen LogP contribution in [0, 0.1) is 0 Å². The number of carbonyl (C=O) groups excluding carboxylic acids is 4. The van der Waals surface area contributed by atoms with Crippen molar-refractivity contribution in [2.75, 3.05) is 0 Å². The normalized spacial score (nSPS) is 18.7. The number of rotatable bonds is 3. The van der Waals surface area contributed by atoms with Crippen molar-refractivity contribution in [3.05, 3.63) is 83.9 Å². The molecule has 1 unspecified atom stereocenters. The van der Waals surface area contributed by atoms with Gasteiger partial charge < -0.3 is 4.84 Å². The number of hydroxylamine groups is 2. The second-order valence-corrected chi connectivity index (χ2v) is 7.11. The van der Waals surface area contributed by atoms with Gasteiger partial charge in [0.15, 0.2) is 5.54 Å². The molecule has 0 N–H and O–H groups in total. The number of imide groups is 3. The van der Waals surface area contributed by atoms with Crippen molar-refractivity contribution in [1.29, 1.82) is 0 Å². The van der Waals surface area contributed by atoms with Gasteiger partial charge in [0.05, 0.1) is 0 Å². The first-order valence-corrected chi connectivity index (χ1v) is 9.30. The average molecular weight is 402 g/mol. The largest absolute Gasteiger partial charge is 0.368 e. The van der Waals surface area contributed by atoms with Crippen molar-refractivity contribution in [2.45, 2.75) is 19.4 Å². The number of hydrogen-bond acceptors (Lipinski definition) is 5. The van der Waals surface area contributed by atoms with Gasteiger partial charge in [0, 0.05) is 12.5 Å². The summed E-state index contributed by atoms with van der Waals surface area (Å²) in [5, 5.41) is 2.39. The molecule has 1 atom stereocenters. The zero-order valence-corrected chi connectivity index (χ0v) is 16.4. The Morgan fingerprint density at radius 2 is 1.50 bits per heavy atom. The van der Waals surface area contributed by atoms with Gasteiger partial charge in [-0.25, -0.2) is 4.79 Å². The maximum atomic E-state index is 13.4. The first-order chi connectivity index (χ1) is 14.3. The molecule has 4 amide bonds. The summed E-state index contributed by atoms with van der Waals surface area (Å²) in [7, 11) is 0. The highest BCUT2D eigenvalue weighted by Crippen LogP contribution is 2.38. The number of hydrogen-bond donors (Lipinski definition) is 0. The molecule has 0 spiro atoms. The van der Waals surface area contributed by atoms with Gasteiger partial charge in [-0.05, 0) is 35.4 Å². The lowest BCUT2D eigenvalue weighted by Crippen LogP contribution is -2.45. The Morgan fingerprint density at radius 3 is 2.17 bits per heavy atom. The summed E-state index contributed by atoms with van der Waals surface area (Å²) in [4.78, 5) is 56.8. The quantitative estimate of drug-likeness (QED) is 0.493. The van der Waals surface area contributed by atoms with Crippen LogP contribution in [0.2, 0.25) is 0 Å². The molecule has 30 heavy (non-hydrogen) atoms. The van der Waals surface area contributed by atoms with E-state index in [1.807, 2.05) is 24.3 Å². The standard InChI is InChI=1S/C23H18N2O5/c1-15(26)30-25-22(29)24(21(28)23(25,2)19-10-4-3-5-11-19)20(27)18-13-12-16-8-6-7-9-17(16)14-18/h3-14H,1-2H3. The van der Waals surface area contributed by atoms with Crippen LogP contribution in [0.25, 0.3) is 10.8 Å². The fourth-order valence-electron chi connectivity index (χ4n) is 3.57. The van der Waals surface area contributed by atoms with Crippen LogP contribution >= 0.6 is 0 Å². The van der Waals surface area contributed by atoms with Crippen LogP contribution in [0.4, 0.5) is 4.79 Å². The van der Waals surface area contributed by atoms with Crippen LogP contribution in [0.15, 0.2) is 72.8 Å². The Bertz CT molecular complexity index is 1190. The van der Waals surface area contributed by atoms with Crippen LogP contribution in [0.3, 0.4) is 0 Å². The van der Waals surface area contributed by atoms with Gasteiger partial charge in [0.1, 0.15) is 0 Å². The first kappa shape index (κ1) is 19.3. The fourth-order valence-corrected chi connectivity index (χ4v) is 3.57. The van der Waals surface area contributed by atoms with E-state index >= 15 is 0 Å². The number of amides is 4. The average Bonchev–Trinajstić information content (AvgIpc) is 2.94. The minimum Gasteiger partial charge on any atom is -0.336 e. The van der Waals surface area contributed by atoms with Crippen LogP contribution in [0.5, 0.6) is 0 Å². The van der Waals surface area contributed by atoms with Gasteiger partial charge >= 0.3 is 12.0 Å². The van der Waals surface area contributed by atoms with Crippen LogP contribution < -0.4 is 0 Å². The summed E-state index contributed by atoms with van der Waals surface area (Å²) < 4.78 is 0. The Kier molecular flexibility index (Phi) is 4.58. The van der Waals surface area contributed by atoms with E-state index in [2.05, 4.69) is 0 Å². The summed E-state index contributed by atoms with van der Waals surface area (Å²) in [6.07, 6.45) is 0. The highest BCUT2D eigenvalue weighted by molar-refractivity contribution is 6.22. The van der Waals surface area contributed by atoms with Crippen molar-refractivity contribution < 1.29 is 24.0 Å². The number of urea groups is 1. The van der Waals surface area contributed by atoms with E-state index in [4.69, 9.17) is 4.84 Å². The number of carbonyl (C=O) groups is 4. The van der Waals surface area contributed by atoms with Gasteiger partial charge in [0.2, 0.25) is 0 Å². The predicted octanol–water partition coefficient (Wildman–Crippen LogP) is 3.64. The molecule has 1 aliphatic heterocycles. The summed E-state index contributed by atoms with van der Waals surface area (Å²) >= 11 is 0. The molecular weight excluding hydrogens is 384 g/mol. The van der Waals surface area contributed by atoms with E-state index in [0.29, 0.717) is 15.5 Å². The molecule has 1 heterocycles. The SMILES string of the molecule is CC(=O)ON1C(=O)N(C(=O)c2ccc3ccccc3c2)C(=O)C1(C)c1ccccc1. The van der Waals surface area contributed by atoms with Crippen LogP contribution in [-0.4, -0.2) is 33.8 Å². The van der Waals surface area contributed by atoms with Gasteiger partial charge in [-0.15, -0.1) is 5.06 Å². The smallest absolute Gasteiger partial charge is 0.336 e. The lowest BCUT2D eigenvalue weighted by atomic mass is 9.91. The van der Waals surface area contributed by atoms with Crippen molar-refractivity contribution in [3.63, 3.8) is 0 Å². The molecule has 0 saturated carbocycles. The molecule has 3 aromatic rings. The first-order valence-electron chi connectivity index (χ1n) is 9.30.